The van der Waals surface area contributed by atoms with E-state index in [4.69, 9.17) is 0 Å². The van der Waals surface area contributed by atoms with Gasteiger partial charge in [-0.05, 0) is 35.8 Å². The number of rotatable bonds is 3. The van der Waals surface area contributed by atoms with E-state index in [0.29, 0.717) is 5.56 Å². The van der Waals surface area contributed by atoms with Crippen LogP contribution in [0.4, 0.5) is 0 Å². The Balaban J connectivity index is 2.88. The lowest BCUT2D eigenvalue weighted by Gasteiger charge is -2.18. The SMILES string of the molecule is CCN(CC)C(=O)c1cncc(Br)c1. The lowest BCUT2D eigenvalue weighted by atomic mass is 10.2. The quantitative estimate of drug-likeness (QED) is 0.832. The van der Waals surface area contributed by atoms with Crippen molar-refractivity contribution in [1.29, 1.82) is 0 Å². The van der Waals surface area contributed by atoms with E-state index in [1.165, 1.54) is 0 Å². The third kappa shape index (κ3) is 2.54. The van der Waals surface area contributed by atoms with E-state index in [1.807, 2.05) is 13.8 Å². The molecule has 0 aliphatic carbocycles. The van der Waals surface area contributed by atoms with E-state index in [9.17, 15) is 4.79 Å². The molecule has 0 atom stereocenters. The first-order chi connectivity index (χ1) is 6.69. The lowest BCUT2D eigenvalue weighted by Crippen LogP contribution is -2.30. The monoisotopic (exact) mass is 256 g/mol. The summed E-state index contributed by atoms with van der Waals surface area (Å²) in [5.41, 5.74) is 0.628. The van der Waals surface area contributed by atoms with Crippen LogP contribution in [-0.2, 0) is 0 Å². The average molecular weight is 257 g/mol. The van der Waals surface area contributed by atoms with Crippen LogP contribution in [0.15, 0.2) is 22.9 Å². The number of halogens is 1. The highest BCUT2D eigenvalue weighted by Gasteiger charge is 2.12. The molecule has 0 saturated carbocycles. The van der Waals surface area contributed by atoms with Gasteiger partial charge in [-0.15, -0.1) is 0 Å². The molecule has 3 nitrogen and oxygen atoms in total. The molecular weight excluding hydrogens is 244 g/mol. The van der Waals surface area contributed by atoms with E-state index in [1.54, 1.807) is 23.4 Å². The molecule has 0 radical (unpaired) electrons. The Hall–Kier alpha value is -0.900. The Morgan fingerprint density at radius 2 is 2.07 bits per heavy atom. The largest absolute Gasteiger partial charge is 0.339 e. The number of nitrogens with zero attached hydrogens (tertiary/aromatic N) is 2. The van der Waals surface area contributed by atoms with Crippen molar-refractivity contribution in [1.82, 2.24) is 9.88 Å². The maximum atomic E-state index is 11.8. The van der Waals surface area contributed by atoms with Crippen molar-refractivity contribution in [2.45, 2.75) is 13.8 Å². The minimum Gasteiger partial charge on any atom is -0.339 e. The highest BCUT2D eigenvalue weighted by atomic mass is 79.9. The van der Waals surface area contributed by atoms with Crippen LogP contribution in [0.3, 0.4) is 0 Å². The van der Waals surface area contributed by atoms with Gasteiger partial charge >= 0.3 is 0 Å². The molecule has 0 aliphatic heterocycles. The van der Waals surface area contributed by atoms with Gasteiger partial charge in [0.25, 0.3) is 5.91 Å². The third-order valence-corrected chi connectivity index (χ3v) is 2.44. The second-order valence-corrected chi connectivity index (χ2v) is 3.78. The fourth-order valence-corrected chi connectivity index (χ4v) is 1.59. The molecule has 1 heterocycles. The summed E-state index contributed by atoms with van der Waals surface area (Å²) in [6.07, 6.45) is 3.25. The van der Waals surface area contributed by atoms with Crippen LogP contribution in [0.5, 0.6) is 0 Å². The van der Waals surface area contributed by atoms with E-state index in [-0.39, 0.29) is 5.91 Å². The molecule has 1 rings (SSSR count). The van der Waals surface area contributed by atoms with E-state index < -0.39 is 0 Å². The van der Waals surface area contributed by atoms with Crippen molar-refractivity contribution in [2.24, 2.45) is 0 Å². The summed E-state index contributed by atoms with van der Waals surface area (Å²) in [5, 5.41) is 0. The molecule has 1 aromatic rings. The van der Waals surface area contributed by atoms with Crippen LogP contribution in [-0.4, -0.2) is 28.9 Å². The van der Waals surface area contributed by atoms with E-state index in [0.717, 1.165) is 17.6 Å². The predicted molar refractivity (Wildman–Crippen MR) is 59.2 cm³/mol. The molecule has 0 spiro atoms. The van der Waals surface area contributed by atoms with Crippen LogP contribution < -0.4 is 0 Å². The minimum absolute atomic E-state index is 0.0313. The van der Waals surface area contributed by atoms with Crippen LogP contribution in [0.2, 0.25) is 0 Å². The van der Waals surface area contributed by atoms with Gasteiger partial charge in [0.05, 0.1) is 5.56 Å². The molecular formula is C10H13BrN2O. The first-order valence-corrected chi connectivity index (χ1v) is 5.38. The molecule has 0 aliphatic rings. The zero-order valence-corrected chi connectivity index (χ0v) is 9.91. The Morgan fingerprint density at radius 1 is 1.43 bits per heavy atom. The van der Waals surface area contributed by atoms with Crippen LogP contribution in [0, 0.1) is 0 Å². The fourth-order valence-electron chi connectivity index (χ4n) is 1.22. The summed E-state index contributed by atoms with van der Waals surface area (Å²) in [7, 11) is 0. The summed E-state index contributed by atoms with van der Waals surface area (Å²) in [5.74, 6) is 0.0313. The molecule has 14 heavy (non-hydrogen) atoms. The number of hydrogen-bond acceptors (Lipinski definition) is 2. The molecule has 76 valence electrons. The maximum Gasteiger partial charge on any atom is 0.255 e. The second kappa shape index (κ2) is 5.10. The highest BCUT2D eigenvalue weighted by Crippen LogP contribution is 2.11. The van der Waals surface area contributed by atoms with Gasteiger partial charge in [0.15, 0.2) is 0 Å². The lowest BCUT2D eigenvalue weighted by molar-refractivity contribution is 0.0772. The molecule has 0 saturated heterocycles. The molecule has 1 aromatic heterocycles. The predicted octanol–water partition coefficient (Wildman–Crippen LogP) is 2.33. The zero-order valence-electron chi connectivity index (χ0n) is 8.33. The Kier molecular flexibility index (Phi) is 4.07. The van der Waals surface area contributed by atoms with E-state index in [2.05, 4.69) is 20.9 Å². The number of hydrogen-bond donors (Lipinski definition) is 0. The van der Waals surface area contributed by atoms with E-state index >= 15 is 0 Å². The van der Waals surface area contributed by atoms with Crippen molar-refractivity contribution in [3.63, 3.8) is 0 Å². The van der Waals surface area contributed by atoms with Gasteiger partial charge in [-0.2, -0.15) is 0 Å². The van der Waals surface area contributed by atoms with Crippen molar-refractivity contribution < 1.29 is 4.79 Å². The number of carbonyl (C=O) groups excluding carboxylic acids is 1. The molecule has 0 bridgehead atoms. The smallest absolute Gasteiger partial charge is 0.255 e. The summed E-state index contributed by atoms with van der Waals surface area (Å²) >= 11 is 3.29. The number of aromatic nitrogens is 1. The minimum atomic E-state index is 0.0313. The van der Waals surface area contributed by atoms with Gasteiger partial charge in [0, 0.05) is 30.0 Å². The summed E-state index contributed by atoms with van der Waals surface area (Å²) in [6, 6.07) is 1.79. The number of carbonyl (C=O) groups is 1. The van der Waals surface area contributed by atoms with Crippen molar-refractivity contribution in [3.05, 3.63) is 28.5 Å². The number of amides is 1. The average Bonchev–Trinajstić information content (AvgIpc) is 2.19. The summed E-state index contributed by atoms with van der Waals surface area (Å²) < 4.78 is 0.829. The Bertz CT molecular complexity index is 324. The topological polar surface area (TPSA) is 33.2 Å². The summed E-state index contributed by atoms with van der Waals surface area (Å²) in [4.78, 5) is 17.6. The van der Waals surface area contributed by atoms with Gasteiger partial charge in [-0.1, -0.05) is 0 Å². The zero-order chi connectivity index (χ0) is 10.6. The standard InChI is InChI=1S/C10H13BrN2O/c1-3-13(4-2)10(14)8-5-9(11)7-12-6-8/h5-7H,3-4H2,1-2H3. The highest BCUT2D eigenvalue weighted by molar-refractivity contribution is 9.10. The van der Waals surface area contributed by atoms with Crippen LogP contribution >= 0.6 is 15.9 Å². The number of pyridine rings is 1. The molecule has 4 heteroatoms. The molecule has 0 fully saturated rings. The van der Waals surface area contributed by atoms with Gasteiger partial charge in [-0.25, -0.2) is 0 Å². The first kappa shape index (κ1) is 11.2. The van der Waals surface area contributed by atoms with Crippen molar-refractivity contribution in [2.75, 3.05) is 13.1 Å². The normalized spacial score (nSPS) is 9.93. The first-order valence-electron chi connectivity index (χ1n) is 4.58. The van der Waals surface area contributed by atoms with Gasteiger partial charge in [0.1, 0.15) is 0 Å². The third-order valence-electron chi connectivity index (χ3n) is 2.00. The second-order valence-electron chi connectivity index (χ2n) is 2.87. The molecule has 0 N–H and O–H groups in total. The molecule has 1 amide bonds. The van der Waals surface area contributed by atoms with Crippen molar-refractivity contribution >= 4 is 21.8 Å². The van der Waals surface area contributed by atoms with Crippen LogP contribution in [0.25, 0.3) is 0 Å². The Labute approximate surface area is 92.3 Å². The van der Waals surface area contributed by atoms with Crippen LogP contribution in [0.1, 0.15) is 24.2 Å². The fraction of sp³-hybridized carbons (Fsp3) is 0.400. The maximum absolute atomic E-state index is 11.8. The van der Waals surface area contributed by atoms with Gasteiger partial charge in [0.2, 0.25) is 0 Å². The summed E-state index contributed by atoms with van der Waals surface area (Å²) in [6.45, 7) is 5.38. The molecule has 0 unspecified atom stereocenters. The van der Waals surface area contributed by atoms with Gasteiger partial charge < -0.3 is 4.90 Å². The van der Waals surface area contributed by atoms with Gasteiger partial charge in [-0.3, -0.25) is 9.78 Å². The Morgan fingerprint density at radius 3 is 2.57 bits per heavy atom. The van der Waals surface area contributed by atoms with Crippen molar-refractivity contribution in [3.8, 4) is 0 Å². The molecule has 0 aromatic carbocycles.